The van der Waals surface area contributed by atoms with Gasteiger partial charge >= 0.3 is 0 Å². The van der Waals surface area contributed by atoms with E-state index in [9.17, 15) is 4.79 Å². The van der Waals surface area contributed by atoms with Gasteiger partial charge in [0, 0.05) is 16.9 Å². The summed E-state index contributed by atoms with van der Waals surface area (Å²) in [5.41, 5.74) is 8.64. The molecule has 18 heavy (non-hydrogen) atoms. The van der Waals surface area contributed by atoms with Crippen molar-refractivity contribution in [2.45, 2.75) is 50.7 Å². The lowest BCUT2D eigenvalue weighted by Crippen LogP contribution is -2.46. The largest absolute Gasteiger partial charge is 0.320 e. The van der Waals surface area contributed by atoms with Crippen molar-refractivity contribution in [2.24, 2.45) is 5.73 Å². The third-order valence-electron chi connectivity index (χ3n) is 3.31. The van der Waals surface area contributed by atoms with Gasteiger partial charge in [0.2, 0.25) is 0 Å². The van der Waals surface area contributed by atoms with Gasteiger partial charge < -0.3 is 5.73 Å². The molecule has 1 rings (SSSR count). The normalized spacial score (nSPS) is 13.4. The highest BCUT2D eigenvalue weighted by atomic mass is 32.2. The fourth-order valence-corrected chi connectivity index (χ4v) is 2.90. The van der Waals surface area contributed by atoms with Crippen molar-refractivity contribution in [2.75, 3.05) is 0 Å². The first kappa shape index (κ1) is 15.3. The predicted octanol–water partition coefficient (Wildman–Crippen LogP) is 3.31. The van der Waals surface area contributed by atoms with E-state index >= 15 is 0 Å². The number of carbonyl (C=O) groups is 1. The lowest BCUT2D eigenvalue weighted by molar-refractivity contribution is -0.120. The number of nitrogens with two attached hydrogens (primary N) is 1. The summed E-state index contributed by atoms with van der Waals surface area (Å²) < 4.78 is -0.227. The quantitative estimate of drug-likeness (QED) is 0.858. The number of rotatable bonds is 6. The summed E-state index contributed by atoms with van der Waals surface area (Å²) in [6, 6.07) is 7.94. The number of Topliss-reactive ketones (excluding diaryl/α,β-unsaturated/α-hetero) is 1. The van der Waals surface area contributed by atoms with Crippen molar-refractivity contribution < 1.29 is 4.79 Å². The van der Waals surface area contributed by atoms with Crippen LogP contribution in [0, 0.1) is 6.92 Å². The van der Waals surface area contributed by atoms with Crippen molar-refractivity contribution in [1.29, 1.82) is 0 Å². The van der Waals surface area contributed by atoms with E-state index < -0.39 is 6.04 Å². The van der Waals surface area contributed by atoms with Gasteiger partial charge in [0.25, 0.3) is 0 Å². The molecule has 100 valence electrons. The van der Waals surface area contributed by atoms with Crippen molar-refractivity contribution in [3.05, 3.63) is 35.4 Å². The topological polar surface area (TPSA) is 43.1 Å². The van der Waals surface area contributed by atoms with Crippen molar-refractivity contribution >= 4 is 17.5 Å². The average Bonchev–Trinajstić information content (AvgIpc) is 2.36. The van der Waals surface area contributed by atoms with Crippen LogP contribution in [0.25, 0.3) is 0 Å². The van der Waals surface area contributed by atoms with Crippen LogP contribution in [-0.2, 0) is 10.5 Å². The first-order valence-electron chi connectivity index (χ1n) is 6.35. The Hall–Kier alpha value is -0.800. The summed E-state index contributed by atoms with van der Waals surface area (Å²) in [5, 5.41) is 0. The fraction of sp³-hybridized carbons (Fsp3) is 0.533. The summed E-state index contributed by atoms with van der Waals surface area (Å²) >= 11 is 1.75. The second-order valence-electron chi connectivity index (χ2n) is 5.12. The molecule has 1 atom stereocenters. The molecule has 0 saturated carbocycles. The molecule has 0 aliphatic carbocycles. The van der Waals surface area contributed by atoms with Crippen LogP contribution in [0.15, 0.2) is 24.3 Å². The van der Waals surface area contributed by atoms with Crippen molar-refractivity contribution in [1.82, 2.24) is 0 Å². The lowest BCUT2D eigenvalue weighted by Gasteiger charge is -2.30. The Balaban J connectivity index is 2.67. The minimum Gasteiger partial charge on any atom is -0.320 e. The van der Waals surface area contributed by atoms with Gasteiger partial charge in [-0.3, -0.25) is 4.79 Å². The van der Waals surface area contributed by atoms with Gasteiger partial charge in [0.15, 0.2) is 5.78 Å². The lowest BCUT2D eigenvalue weighted by atomic mass is 9.98. The molecule has 0 bridgehead atoms. The van der Waals surface area contributed by atoms with E-state index in [1.165, 1.54) is 11.1 Å². The van der Waals surface area contributed by atoms with Crippen LogP contribution in [0.2, 0.25) is 0 Å². The van der Waals surface area contributed by atoms with Gasteiger partial charge in [-0.15, -0.1) is 11.8 Å². The molecule has 1 aromatic carbocycles. The maximum Gasteiger partial charge on any atom is 0.150 e. The van der Waals surface area contributed by atoms with Crippen LogP contribution in [0.3, 0.4) is 0 Å². The molecule has 0 fully saturated rings. The van der Waals surface area contributed by atoms with Crippen LogP contribution in [-0.4, -0.2) is 16.6 Å². The van der Waals surface area contributed by atoms with Gasteiger partial charge in [-0.2, -0.15) is 0 Å². The Morgan fingerprint density at radius 3 is 2.56 bits per heavy atom. The highest BCUT2D eigenvalue weighted by Gasteiger charge is 2.31. The monoisotopic (exact) mass is 265 g/mol. The van der Waals surface area contributed by atoms with E-state index in [1.807, 2.05) is 32.9 Å². The Labute approximate surface area is 114 Å². The SMILES string of the molecule is CCC(=O)C(N)C(C)(C)SCc1ccccc1C. The van der Waals surface area contributed by atoms with E-state index in [0.29, 0.717) is 6.42 Å². The Morgan fingerprint density at radius 1 is 1.39 bits per heavy atom. The maximum absolute atomic E-state index is 11.7. The van der Waals surface area contributed by atoms with E-state index in [4.69, 9.17) is 5.73 Å². The highest BCUT2D eigenvalue weighted by Crippen LogP contribution is 2.31. The van der Waals surface area contributed by atoms with Crippen molar-refractivity contribution in [3.8, 4) is 0 Å². The number of thioether (sulfide) groups is 1. The zero-order valence-electron chi connectivity index (χ0n) is 11.7. The van der Waals surface area contributed by atoms with Gasteiger partial charge in [0.1, 0.15) is 0 Å². The van der Waals surface area contributed by atoms with Crippen LogP contribution in [0.4, 0.5) is 0 Å². The first-order valence-corrected chi connectivity index (χ1v) is 7.33. The Morgan fingerprint density at radius 2 is 2.00 bits per heavy atom. The second kappa shape index (κ2) is 6.39. The molecule has 0 heterocycles. The molecule has 0 spiro atoms. The molecule has 0 aromatic heterocycles. The highest BCUT2D eigenvalue weighted by molar-refractivity contribution is 7.99. The molecule has 1 aromatic rings. The molecule has 3 heteroatoms. The van der Waals surface area contributed by atoms with E-state index in [0.717, 1.165) is 5.75 Å². The number of hydrogen-bond acceptors (Lipinski definition) is 3. The maximum atomic E-state index is 11.7. The summed E-state index contributed by atoms with van der Waals surface area (Å²) in [5.74, 6) is 1.03. The van der Waals surface area contributed by atoms with Crippen LogP contribution in [0.5, 0.6) is 0 Å². The predicted molar refractivity (Wildman–Crippen MR) is 79.8 cm³/mol. The summed E-state index contributed by atoms with van der Waals surface area (Å²) in [7, 11) is 0. The minimum absolute atomic E-state index is 0.136. The van der Waals surface area contributed by atoms with Crippen LogP contribution >= 0.6 is 11.8 Å². The van der Waals surface area contributed by atoms with E-state index in [2.05, 4.69) is 19.1 Å². The number of ketones is 1. The summed E-state index contributed by atoms with van der Waals surface area (Å²) in [6.45, 7) is 8.08. The van der Waals surface area contributed by atoms with Gasteiger partial charge in [-0.05, 0) is 31.9 Å². The molecular formula is C15H23NOS. The number of hydrogen-bond donors (Lipinski definition) is 1. The van der Waals surface area contributed by atoms with Gasteiger partial charge in [0.05, 0.1) is 6.04 Å². The molecular weight excluding hydrogens is 242 g/mol. The first-order chi connectivity index (χ1) is 8.38. The van der Waals surface area contributed by atoms with E-state index in [1.54, 1.807) is 11.8 Å². The fourth-order valence-electron chi connectivity index (χ4n) is 1.73. The third-order valence-corrected chi connectivity index (χ3v) is 4.76. The number of aryl methyl sites for hydroxylation is 1. The zero-order valence-corrected chi connectivity index (χ0v) is 12.5. The molecule has 0 aliphatic heterocycles. The smallest absolute Gasteiger partial charge is 0.150 e. The third kappa shape index (κ3) is 3.85. The average molecular weight is 265 g/mol. The van der Waals surface area contributed by atoms with Crippen LogP contribution in [0.1, 0.15) is 38.3 Å². The second-order valence-corrected chi connectivity index (χ2v) is 6.75. The molecule has 0 aliphatic rings. The van der Waals surface area contributed by atoms with E-state index in [-0.39, 0.29) is 10.5 Å². The zero-order chi connectivity index (χ0) is 13.8. The molecule has 2 nitrogen and oxygen atoms in total. The standard InChI is InChI=1S/C15H23NOS/c1-5-13(17)14(16)15(3,4)18-10-12-9-7-6-8-11(12)2/h6-9,14H,5,10,16H2,1-4H3. The molecule has 0 radical (unpaired) electrons. The summed E-state index contributed by atoms with van der Waals surface area (Å²) in [6.07, 6.45) is 0.509. The summed E-state index contributed by atoms with van der Waals surface area (Å²) in [4.78, 5) is 11.7. The van der Waals surface area contributed by atoms with Crippen LogP contribution < -0.4 is 5.73 Å². The van der Waals surface area contributed by atoms with Gasteiger partial charge in [-0.25, -0.2) is 0 Å². The van der Waals surface area contributed by atoms with Gasteiger partial charge in [-0.1, -0.05) is 31.2 Å². The number of carbonyl (C=O) groups excluding carboxylic acids is 1. The molecule has 1 unspecified atom stereocenters. The Bertz CT molecular complexity index is 415. The minimum atomic E-state index is -0.392. The Kier molecular flexibility index (Phi) is 5.42. The molecule has 2 N–H and O–H groups in total. The molecule has 0 amide bonds. The number of benzene rings is 1. The van der Waals surface area contributed by atoms with Crippen molar-refractivity contribution in [3.63, 3.8) is 0 Å². The molecule has 0 saturated heterocycles.